The molecular formula is C14H10N2O3. The van der Waals surface area contributed by atoms with Crippen LogP contribution in [0.1, 0.15) is 15.9 Å². The van der Waals surface area contributed by atoms with Crippen LogP contribution in [-0.2, 0) is 0 Å². The number of benzene rings is 2. The van der Waals surface area contributed by atoms with Crippen molar-refractivity contribution >= 4 is 11.6 Å². The second-order valence-electron chi connectivity index (χ2n) is 3.78. The minimum atomic E-state index is -0.601. The molecule has 2 aromatic rings. The van der Waals surface area contributed by atoms with Crippen LogP contribution in [-0.4, -0.2) is 16.1 Å². The van der Waals surface area contributed by atoms with E-state index >= 15 is 0 Å². The average Bonchev–Trinajstić information content (AvgIpc) is 2.42. The zero-order valence-electron chi connectivity index (χ0n) is 9.79. The highest BCUT2D eigenvalue weighted by atomic mass is 16.3. The smallest absolute Gasteiger partial charge is 0.259 e. The molecule has 5 heteroatoms. The first kappa shape index (κ1) is 12.5. The topological polar surface area (TPSA) is 93.4 Å². The normalized spacial score (nSPS) is 9.63. The second kappa shape index (κ2) is 5.10. The Morgan fingerprint density at radius 3 is 2.58 bits per heavy atom. The Balaban J connectivity index is 2.32. The number of anilines is 1. The van der Waals surface area contributed by atoms with E-state index in [0.717, 1.165) is 0 Å². The molecule has 2 aromatic carbocycles. The van der Waals surface area contributed by atoms with Gasteiger partial charge in [0.2, 0.25) is 0 Å². The number of hydrogen-bond acceptors (Lipinski definition) is 4. The summed E-state index contributed by atoms with van der Waals surface area (Å²) in [6.07, 6.45) is 0. The summed E-state index contributed by atoms with van der Waals surface area (Å²) in [4.78, 5) is 12.0. The van der Waals surface area contributed by atoms with Gasteiger partial charge in [0.25, 0.3) is 5.91 Å². The third-order valence-electron chi connectivity index (χ3n) is 2.56. The van der Waals surface area contributed by atoms with Crippen LogP contribution in [0.3, 0.4) is 0 Å². The fourth-order valence-electron chi connectivity index (χ4n) is 1.59. The summed E-state index contributed by atoms with van der Waals surface area (Å²) in [6.45, 7) is 0. The maximum atomic E-state index is 12.0. The monoisotopic (exact) mass is 254 g/mol. The number of phenolic OH excluding ortho intramolecular Hbond substituents is 2. The molecule has 0 saturated heterocycles. The zero-order valence-corrected chi connectivity index (χ0v) is 9.79. The molecule has 5 nitrogen and oxygen atoms in total. The minimum Gasteiger partial charge on any atom is -0.504 e. The van der Waals surface area contributed by atoms with E-state index in [9.17, 15) is 15.0 Å². The first-order valence-corrected chi connectivity index (χ1v) is 5.45. The molecule has 0 saturated carbocycles. The van der Waals surface area contributed by atoms with E-state index in [1.54, 1.807) is 24.3 Å². The first-order valence-electron chi connectivity index (χ1n) is 5.45. The molecule has 0 aliphatic heterocycles. The molecule has 0 aliphatic carbocycles. The van der Waals surface area contributed by atoms with Crippen LogP contribution in [0.2, 0.25) is 0 Å². The lowest BCUT2D eigenvalue weighted by molar-refractivity contribution is 0.102. The summed E-state index contributed by atoms with van der Waals surface area (Å²) in [5.41, 5.74) is 0.598. The molecule has 0 aromatic heterocycles. The van der Waals surface area contributed by atoms with Crippen molar-refractivity contribution in [3.05, 3.63) is 53.6 Å². The van der Waals surface area contributed by atoms with E-state index < -0.39 is 11.7 Å². The molecule has 0 radical (unpaired) electrons. The van der Waals surface area contributed by atoms with Crippen LogP contribution >= 0.6 is 0 Å². The maximum absolute atomic E-state index is 12.0. The van der Waals surface area contributed by atoms with Crippen molar-refractivity contribution in [1.82, 2.24) is 0 Å². The Hall–Kier alpha value is -3.00. The van der Waals surface area contributed by atoms with Crippen LogP contribution in [0.25, 0.3) is 0 Å². The van der Waals surface area contributed by atoms with Gasteiger partial charge in [-0.05, 0) is 24.3 Å². The molecule has 1 amide bonds. The molecule has 2 rings (SSSR count). The van der Waals surface area contributed by atoms with Crippen molar-refractivity contribution < 1.29 is 15.0 Å². The number of nitriles is 1. The Morgan fingerprint density at radius 1 is 1.11 bits per heavy atom. The first-order chi connectivity index (χ1) is 9.13. The van der Waals surface area contributed by atoms with E-state index in [-0.39, 0.29) is 11.3 Å². The van der Waals surface area contributed by atoms with Gasteiger partial charge in [0.05, 0.1) is 16.8 Å². The van der Waals surface area contributed by atoms with Crippen molar-refractivity contribution in [3.63, 3.8) is 0 Å². The largest absolute Gasteiger partial charge is 0.504 e. The molecule has 19 heavy (non-hydrogen) atoms. The third kappa shape index (κ3) is 2.48. The standard InChI is InChI=1S/C14H10N2O3/c15-8-9-4-1-2-6-11(9)16-14(19)10-5-3-7-12(17)13(10)18/h1-7,17-18H,(H,16,19). The van der Waals surface area contributed by atoms with Crippen molar-refractivity contribution in [1.29, 1.82) is 5.26 Å². The van der Waals surface area contributed by atoms with Crippen molar-refractivity contribution in [2.75, 3.05) is 5.32 Å². The maximum Gasteiger partial charge on any atom is 0.259 e. The van der Waals surface area contributed by atoms with Gasteiger partial charge in [-0.15, -0.1) is 0 Å². The number of rotatable bonds is 2. The molecule has 0 aliphatic rings. The molecular weight excluding hydrogens is 244 g/mol. The Kier molecular flexibility index (Phi) is 3.35. The second-order valence-corrected chi connectivity index (χ2v) is 3.78. The van der Waals surface area contributed by atoms with Gasteiger partial charge in [-0.1, -0.05) is 18.2 Å². The SMILES string of the molecule is N#Cc1ccccc1NC(=O)c1cccc(O)c1O. The molecule has 0 bridgehead atoms. The Morgan fingerprint density at radius 2 is 1.84 bits per heavy atom. The highest BCUT2D eigenvalue weighted by Crippen LogP contribution is 2.29. The summed E-state index contributed by atoms with van der Waals surface area (Å²) in [7, 11) is 0. The van der Waals surface area contributed by atoms with Gasteiger partial charge < -0.3 is 15.5 Å². The lowest BCUT2D eigenvalue weighted by Crippen LogP contribution is -2.13. The van der Waals surface area contributed by atoms with E-state index in [4.69, 9.17) is 5.26 Å². The number of hydrogen-bond donors (Lipinski definition) is 3. The molecule has 3 N–H and O–H groups in total. The van der Waals surface area contributed by atoms with Gasteiger partial charge >= 0.3 is 0 Å². The van der Waals surface area contributed by atoms with E-state index in [1.807, 2.05) is 6.07 Å². The highest BCUT2D eigenvalue weighted by Gasteiger charge is 2.15. The summed E-state index contributed by atoms with van der Waals surface area (Å²) in [5, 5.41) is 30.4. The predicted octanol–water partition coefficient (Wildman–Crippen LogP) is 2.22. The van der Waals surface area contributed by atoms with Gasteiger partial charge in [0.15, 0.2) is 11.5 Å². The fourth-order valence-corrected chi connectivity index (χ4v) is 1.59. The van der Waals surface area contributed by atoms with E-state index in [0.29, 0.717) is 11.3 Å². The Labute approximate surface area is 109 Å². The number of carbonyl (C=O) groups excluding carboxylic acids is 1. The number of nitrogens with zero attached hydrogens (tertiary/aromatic N) is 1. The molecule has 0 unspecified atom stereocenters. The van der Waals surface area contributed by atoms with Crippen LogP contribution in [0.4, 0.5) is 5.69 Å². The zero-order chi connectivity index (χ0) is 13.8. The minimum absolute atomic E-state index is 0.0623. The molecule has 0 spiro atoms. The number of aromatic hydroxyl groups is 2. The summed E-state index contributed by atoms with van der Waals surface area (Å²) >= 11 is 0. The van der Waals surface area contributed by atoms with Crippen LogP contribution < -0.4 is 5.32 Å². The number of carbonyl (C=O) groups is 1. The van der Waals surface area contributed by atoms with Gasteiger partial charge in [-0.2, -0.15) is 5.26 Å². The highest BCUT2D eigenvalue weighted by molar-refractivity contribution is 6.07. The van der Waals surface area contributed by atoms with E-state index in [1.165, 1.54) is 18.2 Å². The van der Waals surface area contributed by atoms with Crippen LogP contribution in [0.5, 0.6) is 11.5 Å². The van der Waals surface area contributed by atoms with Crippen LogP contribution in [0, 0.1) is 11.3 Å². The molecule has 94 valence electrons. The predicted molar refractivity (Wildman–Crippen MR) is 68.9 cm³/mol. The molecule has 0 heterocycles. The van der Waals surface area contributed by atoms with Gasteiger partial charge in [-0.3, -0.25) is 4.79 Å². The van der Waals surface area contributed by atoms with Crippen molar-refractivity contribution in [3.8, 4) is 17.6 Å². The summed E-state index contributed by atoms with van der Waals surface area (Å²) < 4.78 is 0. The van der Waals surface area contributed by atoms with Crippen LogP contribution in [0.15, 0.2) is 42.5 Å². The molecule has 0 fully saturated rings. The average molecular weight is 254 g/mol. The van der Waals surface area contributed by atoms with Crippen molar-refractivity contribution in [2.45, 2.75) is 0 Å². The molecule has 0 atom stereocenters. The number of phenols is 2. The third-order valence-corrected chi connectivity index (χ3v) is 2.56. The number of nitrogens with one attached hydrogen (secondary N) is 1. The number of para-hydroxylation sites is 2. The number of amides is 1. The Bertz CT molecular complexity index is 675. The van der Waals surface area contributed by atoms with Gasteiger partial charge in [-0.25, -0.2) is 0 Å². The summed E-state index contributed by atoms with van der Waals surface area (Å²) in [6, 6.07) is 12.6. The lowest BCUT2D eigenvalue weighted by atomic mass is 10.1. The summed E-state index contributed by atoms with van der Waals surface area (Å²) in [5.74, 6) is -1.47. The lowest BCUT2D eigenvalue weighted by Gasteiger charge is -2.08. The quantitative estimate of drug-likeness (QED) is 0.716. The van der Waals surface area contributed by atoms with Gasteiger partial charge in [0, 0.05) is 0 Å². The fraction of sp³-hybridized carbons (Fsp3) is 0. The van der Waals surface area contributed by atoms with Gasteiger partial charge in [0.1, 0.15) is 6.07 Å². The van der Waals surface area contributed by atoms with Crippen molar-refractivity contribution in [2.24, 2.45) is 0 Å². The van der Waals surface area contributed by atoms with E-state index in [2.05, 4.69) is 5.32 Å².